The Morgan fingerprint density at radius 1 is 0.430 bits per heavy atom. The van der Waals surface area contributed by atoms with Gasteiger partial charge in [-0.2, -0.15) is 0 Å². The number of aliphatic hydroxyl groups is 7. The fraction of sp³-hybridized carbons (Fsp3) is 0.897. The van der Waals surface area contributed by atoms with Crippen molar-refractivity contribution < 1.29 is 50.0 Å². The number of aliphatic hydroxyl groups excluding tert-OH is 7. The molecular formula is C68H129NO10. The number of carbonyl (C=O) groups excluding carboxylic acids is 1. The molecule has 466 valence electrons. The van der Waals surface area contributed by atoms with Gasteiger partial charge < -0.3 is 50.5 Å². The normalized spacial score (nSPS) is 19.5. The molecule has 11 nitrogen and oxygen atoms in total. The van der Waals surface area contributed by atoms with Gasteiger partial charge in [0.15, 0.2) is 6.29 Å². The highest BCUT2D eigenvalue weighted by molar-refractivity contribution is 5.80. The molecule has 0 radical (unpaired) electrons. The summed E-state index contributed by atoms with van der Waals surface area (Å²) in [6.07, 6.45) is 60.9. The molecule has 0 aromatic heterocycles. The Morgan fingerprint density at radius 3 is 1.13 bits per heavy atom. The van der Waals surface area contributed by atoms with Gasteiger partial charge >= 0.3 is 0 Å². The van der Waals surface area contributed by atoms with Crippen LogP contribution in [0.15, 0.2) is 36.5 Å². The summed E-state index contributed by atoms with van der Waals surface area (Å²) in [5.41, 5.74) is 0. The minimum atomic E-state index is -1.67. The number of carbonyl (C=O) groups is 1. The van der Waals surface area contributed by atoms with E-state index in [1.165, 1.54) is 238 Å². The summed E-state index contributed by atoms with van der Waals surface area (Å²) in [6, 6.07) is -1.19. The Balaban J connectivity index is 2.18. The lowest BCUT2D eigenvalue weighted by Crippen LogP contribution is -2.60. The second-order valence-electron chi connectivity index (χ2n) is 23.9. The molecule has 11 heteroatoms. The molecule has 9 atom stereocenters. The van der Waals surface area contributed by atoms with Gasteiger partial charge in [-0.15, -0.1) is 0 Å². The van der Waals surface area contributed by atoms with Crippen LogP contribution in [0.25, 0.3) is 0 Å². The first-order chi connectivity index (χ1) is 38.7. The molecule has 8 N–H and O–H groups in total. The molecule has 9 unspecified atom stereocenters. The molecule has 1 amide bonds. The third-order valence-corrected chi connectivity index (χ3v) is 16.4. The second kappa shape index (κ2) is 56.8. The van der Waals surface area contributed by atoms with Crippen LogP contribution in [0, 0.1) is 0 Å². The lowest BCUT2D eigenvalue weighted by Gasteiger charge is -2.40. The molecule has 1 heterocycles. The lowest BCUT2D eigenvalue weighted by molar-refractivity contribution is -0.303. The molecule has 1 aliphatic heterocycles. The molecule has 1 saturated heterocycles. The number of ether oxygens (including phenoxy) is 2. The van der Waals surface area contributed by atoms with E-state index < -0.39 is 74.2 Å². The van der Waals surface area contributed by atoms with Crippen molar-refractivity contribution in [2.45, 2.75) is 377 Å². The summed E-state index contributed by atoms with van der Waals surface area (Å²) < 4.78 is 11.2. The maximum absolute atomic E-state index is 13.2. The summed E-state index contributed by atoms with van der Waals surface area (Å²) in [4.78, 5) is 13.2. The minimum absolute atomic E-state index is 0.247. The number of hydrogen-bond donors (Lipinski definition) is 8. The van der Waals surface area contributed by atoms with Crippen LogP contribution in [0.5, 0.6) is 0 Å². The molecule has 0 aromatic carbocycles. The third kappa shape index (κ3) is 44.5. The van der Waals surface area contributed by atoms with E-state index in [1.54, 1.807) is 0 Å². The van der Waals surface area contributed by atoms with E-state index in [1.807, 2.05) is 0 Å². The summed E-state index contributed by atoms with van der Waals surface area (Å²) in [7, 11) is 0. The van der Waals surface area contributed by atoms with Crippen molar-refractivity contribution in [3.8, 4) is 0 Å². The monoisotopic (exact) mass is 1120 g/mol. The molecule has 1 fully saturated rings. The molecule has 79 heavy (non-hydrogen) atoms. The van der Waals surface area contributed by atoms with Crippen molar-refractivity contribution in [3.05, 3.63) is 36.5 Å². The molecule has 0 spiro atoms. The summed E-state index contributed by atoms with van der Waals surface area (Å²) >= 11 is 0. The molecule has 1 aliphatic rings. The topological polar surface area (TPSA) is 189 Å². The smallest absolute Gasteiger partial charge is 0.249 e. The van der Waals surface area contributed by atoms with Crippen LogP contribution in [0.3, 0.4) is 0 Å². The molecule has 1 rings (SSSR count). The Kier molecular flexibility index (Phi) is 54.2. The zero-order chi connectivity index (χ0) is 57.5. The summed E-state index contributed by atoms with van der Waals surface area (Å²) in [5.74, 6) is -0.706. The zero-order valence-corrected chi connectivity index (χ0v) is 51.4. The zero-order valence-electron chi connectivity index (χ0n) is 51.4. The maximum atomic E-state index is 13.2. The molecule has 0 saturated carbocycles. The quantitative estimate of drug-likeness (QED) is 0.0215. The van der Waals surface area contributed by atoms with Crippen LogP contribution in [-0.4, -0.2) is 110 Å². The standard InChI is InChI=1S/C68H129NO10/c1-3-5-7-9-11-13-15-17-19-21-23-24-25-26-27-28-29-30-31-32-33-34-35-36-37-38-40-42-44-46-48-50-52-54-56-61(72)67(77)69-59(58-78-68-66(76)65(75)64(74)62(57-70)79-68)63(73)60(71)55-53-51-49-47-45-43-41-39-22-20-18-16-14-12-10-8-6-4-2/h28-29,39,41,47,49,59-66,68,70-76H,3-27,30-38,40,42-46,48,50-58H2,1-2H3,(H,69,77)/b29-28-,41-39+,49-47+. The number of unbranched alkanes of at least 4 members (excludes halogenated alkanes) is 41. The highest BCUT2D eigenvalue weighted by atomic mass is 16.7. The van der Waals surface area contributed by atoms with E-state index in [-0.39, 0.29) is 12.8 Å². The van der Waals surface area contributed by atoms with E-state index in [2.05, 4.69) is 55.6 Å². The predicted molar refractivity (Wildman–Crippen MR) is 330 cm³/mol. The number of hydrogen-bond acceptors (Lipinski definition) is 10. The highest BCUT2D eigenvalue weighted by Crippen LogP contribution is 2.24. The van der Waals surface area contributed by atoms with Crippen molar-refractivity contribution in [1.29, 1.82) is 0 Å². The van der Waals surface area contributed by atoms with Crippen molar-refractivity contribution in [1.82, 2.24) is 5.32 Å². The number of allylic oxidation sites excluding steroid dienone is 6. The fourth-order valence-electron chi connectivity index (χ4n) is 10.9. The average Bonchev–Trinajstić information content (AvgIpc) is 3.46. The third-order valence-electron chi connectivity index (χ3n) is 16.4. The van der Waals surface area contributed by atoms with Gasteiger partial charge in [0.1, 0.15) is 36.6 Å². The predicted octanol–water partition coefficient (Wildman–Crippen LogP) is 15.8. The molecule has 0 aromatic rings. The second-order valence-corrected chi connectivity index (χ2v) is 23.9. The van der Waals surface area contributed by atoms with Gasteiger partial charge in [0.05, 0.1) is 25.4 Å². The minimum Gasteiger partial charge on any atom is -0.394 e. The van der Waals surface area contributed by atoms with E-state index in [0.29, 0.717) is 19.3 Å². The van der Waals surface area contributed by atoms with Gasteiger partial charge in [0, 0.05) is 0 Å². The highest BCUT2D eigenvalue weighted by Gasteiger charge is 2.44. The number of amides is 1. The van der Waals surface area contributed by atoms with Crippen molar-refractivity contribution >= 4 is 5.91 Å². The van der Waals surface area contributed by atoms with E-state index in [0.717, 1.165) is 38.5 Å². The Labute approximate surface area is 486 Å². The Morgan fingerprint density at radius 2 is 0.759 bits per heavy atom. The van der Waals surface area contributed by atoms with Gasteiger partial charge in [-0.3, -0.25) is 4.79 Å². The van der Waals surface area contributed by atoms with Crippen LogP contribution >= 0.6 is 0 Å². The van der Waals surface area contributed by atoms with Crippen molar-refractivity contribution in [2.75, 3.05) is 13.2 Å². The van der Waals surface area contributed by atoms with Crippen LogP contribution in [0.4, 0.5) is 0 Å². The molecular weight excluding hydrogens is 991 g/mol. The fourth-order valence-corrected chi connectivity index (χ4v) is 10.9. The van der Waals surface area contributed by atoms with Gasteiger partial charge in [-0.05, 0) is 77.0 Å². The first-order valence-corrected chi connectivity index (χ1v) is 33.9. The maximum Gasteiger partial charge on any atom is 0.249 e. The number of rotatable bonds is 59. The first kappa shape index (κ1) is 75.3. The largest absolute Gasteiger partial charge is 0.394 e. The SMILES string of the molecule is CCCCCCCCCCC/C=C/CC/C=C/CCCC(O)C(O)C(COC1OC(CO)C(O)C(O)C1O)NC(=O)C(O)CCCCCCCCCCCCCCCCCC/C=C\CCCCCCCCCCCCCCCC. The number of nitrogens with one attached hydrogen (secondary N) is 1. The van der Waals surface area contributed by atoms with Crippen LogP contribution < -0.4 is 5.32 Å². The van der Waals surface area contributed by atoms with Crippen LogP contribution in [-0.2, 0) is 14.3 Å². The van der Waals surface area contributed by atoms with E-state index in [4.69, 9.17) is 9.47 Å². The van der Waals surface area contributed by atoms with Crippen molar-refractivity contribution in [2.24, 2.45) is 0 Å². The van der Waals surface area contributed by atoms with Crippen molar-refractivity contribution in [3.63, 3.8) is 0 Å². The summed E-state index contributed by atoms with van der Waals surface area (Å²) in [5, 5.41) is 76.3. The van der Waals surface area contributed by atoms with Gasteiger partial charge in [-0.25, -0.2) is 0 Å². The van der Waals surface area contributed by atoms with E-state index in [9.17, 15) is 40.5 Å². The molecule has 0 aliphatic carbocycles. The Bertz CT molecular complexity index is 1380. The summed E-state index contributed by atoms with van der Waals surface area (Å²) in [6.45, 7) is 3.47. The lowest BCUT2D eigenvalue weighted by atomic mass is 9.98. The first-order valence-electron chi connectivity index (χ1n) is 33.9. The average molecular weight is 1120 g/mol. The van der Waals surface area contributed by atoms with Gasteiger partial charge in [0.2, 0.25) is 5.91 Å². The molecule has 0 bridgehead atoms. The van der Waals surface area contributed by atoms with Crippen LogP contribution in [0.1, 0.15) is 322 Å². The Hall–Kier alpha value is -1.67. The van der Waals surface area contributed by atoms with Crippen LogP contribution in [0.2, 0.25) is 0 Å². The van der Waals surface area contributed by atoms with Gasteiger partial charge in [0.25, 0.3) is 0 Å². The van der Waals surface area contributed by atoms with E-state index >= 15 is 0 Å². The van der Waals surface area contributed by atoms with Gasteiger partial charge in [-0.1, -0.05) is 281 Å².